The van der Waals surface area contributed by atoms with Crippen LogP contribution < -0.4 is 10.3 Å². The summed E-state index contributed by atoms with van der Waals surface area (Å²) in [5.41, 5.74) is 1.88. The Bertz CT molecular complexity index is 1460. The summed E-state index contributed by atoms with van der Waals surface area (Å²) in [7, 11) is 0. The third kappa shape index (κ3) is 3.49. The van der Waals surface area contributed by atoms with Gasteiger partial charge in [-0.3, -0.25) is 14.5 Å². The van der Waals surface area contributed by atoms with E-state index in [1.807, 2.05) is 6.07 Å². The molecule has 4 aromatic rings. The summed E-state index contributed by atoms with van der Waals surface area (Å²) >= 11 is 6.24. The SMILES string of the molecule is CCOC(=O)c1ccc(N2C(=O)c3oc4ccccc4c(=O)c3C2c2cccc(Cl)c2)cc1. The summed E-state index contributed by atoms with van der Waals surface area (Å²) in [6.07, 6.45) is 0. The second-order valence-corrected chi connectivity index (χ2v) is 8.01. The molecule has 3 aromatic carbocycles. The van der Waals surface area contributed by atoms with Gasteiger partial charge in [-0.15, -0.1) is 0 Å². The molecule has 1 atom stereocenters. The fourth-order valence-electron chi connectivity index (χ4n) is 4.15. The molecule has 0 fully saturated rings. The molecule has 0 radical (unpaired) electrons. The van der Waals surface area contributed by atoms with E-state index in [2.05, 4.69) is 0 Å². The van der Waals surface area contributed by atoms with Crippen LogP contribution in [0.3, 0.4) is 0 Å². The van der Waals surface area contributed by atoms with Crippen LogP contribution in [0.4, 0.5) is 5.69 Å². The molecule has 1 unspecified atom stereocenters. The lowest BCUT2D eigenvalue weighted by molar-refractivity contribution is 0.0526. The van der Waals surface area contributed by atoms with Gasteiger partial charge in [0.05, 0.1) is 29.2 Å². The van der Waals surface area contributed by atoms with Crippen molar-refractivity contribution < 1.29 is 18.7 Å². The van der Waals surface area contributed by atoms with E-state index >= 15 is 0 Å². The first-order chi connectivity index (χ1) is 16.0. The maximum atomic E-state index is 13.6. The van der Waals surface area contributed by atoms with Crippen LogP contribution in [0.1, 0.15) is 45.0 Å². The lowest BCUT2D eigenvalue weighted by Gasteiger charge is -2.25. The van der Waals surface area contributed by atoms with Crippen LogP contribution in [0.5, 0.6) is 0 Å². The molecule has 1 aliphatic heterocycles. The molecule has 6 nitrogen and oxygen atoms in total. The third-order valence-electron chi connectivity index (χ3n) is 5.60. The molecule has 0 spiro atoms. The molecule has 2 heterocycles. The van der Waals surface area contributed by atoms with Gasteiger partial charge in [0.25, 0.3) is 5.91 Å². The van der Waals surface area contributed by atoms with Crippen LogP contribution in [-0.4, -0.2) is 18.5 Å². The molecular formula is C26H18ClNO5. The monoisotopic (exact) mass is 459 g/mol. The number of carbonyl (C=O) groups is 2. The molecule has 164 valence electrons. The molecule has 0 aliphatic carbocycles. The van der Waals surface area contributed by atoms with Crippen LogP contribution in [0.15, 0.2) is 82.0 Å². The normalized spacial score (nSPS) is 15.0. The zero-order valence-corrected chi connectivity index (χ0v) is 18.3. The summed E-state index contributed by atoms with van der Waals surface area (Å²) in [4.78, 5) is 40.6. The highest BCUT2D eigenvalue weighted by molar-refractivity contribution is 6.30. The van der Waals surface area contributed by atoms with Gasteiger partial charge in [-0.25, -0.2) is 4.79 Å². The predicted molar refractivity (Wildman–Crippen MR) is 125 cm³/mol. The van der Waals surface area contributed by atoms with Gasteiger partial charge >= 0.3 is 5.97 Å². The number of carbonyl (C=O) groups excluding carboxylic acids is 2. The number of esters is 1. The highest BCUT2D eigenvalue weighted by Crippen LogP contribution is 2.41. The minimum atomic E-state index is -0.736. The van der Waals surface area contributed by atoms with Crippen LogP contribution >= 0.6 is 11.6 Å². The quantitative estimate of drug-likeness (QED) is 0.383. The Kier molecular flexibility index (Phi) is 5.23. The molecule has 7 heteroatoms. The van der Waals surface area contributed by atoms with E-state index < -0.39 is 17.9 Å². The predicted octanol–water partition coefficient (Wildman–Crippen LogP) is 5.37. The van der Waals surface area contributed by atoms with Crippen molar-refractivity contribution in [2.75, 3.05) is 11.5 Å². The Hall–Kier alpha value is -3.90. The largest absolute Gasteiger partial charge is 0.462 e. The number of ether oxygens (including phenoxy) is 1. The summed E-state index contributed by atoms with van der Waals surface area (Å²) < 4.78 is 11.0. The van der Waals surface area contributed by atoms with Crippen molar-refractivity contribution in [2.45, 2.75) is 13.0 Å². The molecule has 0 bridgehead atoms. The fraction of sp³-hybridized carbons (Fsp3) is 0.115. The summed E-state index contributed by atoms with van der Waals surface area (Å²) in [6.45, 7) is 1.99. The number of amides is 1. The number of benzene rings is 3. The zero-order valence-electron chi connectivity index (χ0n) is 17.6. The average Bonchev–Trinajstić information content (AvgIpc) is 3.12. The van der Waals surface area contributed by atoms with E-state index in [1.165, 1.54) is 4.90 Å². The van der Waals surface area contributed by atoms with Gasteiger partial charge in [0, 0.05) is 10.7 Å². The topological polar surface area (TPSA) is 76.8 Å². The standard InChI is InChI=1S/C26H18ClNO5/c1-2-32-26(31)15-10-12-18(13-11-15)28-22(16-6-5-7-17(27)14-16)21-23(29)19-8-3-4-9-20(19)33-24(21)25(28)30/h3-14,22H,2H2,1H3. The van der Waals surface area contributed by atoms with Gasteiger partial charge in [-0.2, -0.15) is 0 Å². The van der Waals surface area contributed by atoms with Crippen LogP contribution in [0.2, 0.25) is 5.02 Å². The van der Waals surface area contributed by atoms with Gasteiger partial charge in [-0.1, -0.05) is 35.9 Å². The molecule has 0 N–H and O–H groups in total. The van der Waals surface area contributed by atoms with Crippen molar-refractivity contribution in [3.8, 4) is 0 Å². The van der Waals surface area contributed by atoms with Gasteiger partial charge in [0.15, 0.2) is 5.43 Å². The Morgan fingerprint density at radius 2 is 1.79 bits per heavy atom. The van der Waals surface area contributed by atoms with Crippen molar-refractivity contribution in [1.82, 2.24) is 0 Å². The van der Waals surface area contributed by atoms with Crippen LogP contribution in [-0.2, 0) is 4.74 Å². The van der Waals surface area contributed by atoms with Gasteiger partial charge in [-0.05, 0) is 61.0 Å². The Balaban J connectivity index is 1.70. The summed E-state index contributed by atoms with van der Waals surface area (Å²) in [5.74, 6) is -0.894. The Morgan fingerprint density at radius 1 is 1.03 bits per heavy atom. The van der Waals surface area contributed by atoms with Crippen LogP contribution in [0.25, 0.3) is 11.0 Å². The fourth-order valence-corrected chi connectivity index (χ4v) is 4.35. The second-order valence-electron chi connectivity index (χ2n) is 7.57. The van der Waals surface area contributed by atoms with E-state index in [4.69, 9.17) is 20.8 Å². The lowest BCUT2D eigenvalue weighted by atomic mass is 9.98. The minimum absolute atomic E-state index is 0.00172. The maximum Gasteiger partial charge on any atom is 0.338 e. The molecule has 5 rings (SSSR count). The molecule has 33 heavy (non-hydrogen) atoms. The van der Waals surface area contributed by atoms with E-state index in [1.54, 1.807) is 73.7 Å². The first-order valence-corrected chi connectivity index (χ1v) is 10.8. The summed E-state index contributed by atoms with van der Waals surface area (Å²) in [5, 5.41) is 0.881. The molecule has 1 amide bonds. The van der Waals surface area contributed by atoms with Gasteiger partial charge in [0.1, 0.15) is 5.58 Å². The number of rotatable bonds is 4. The zero-order chi connectivity index (χ0) is 23.1. The van der Waals surface area contributed by atoms with E-state index in [0.717, 1.165) is 0 Å². The van der Waals surface area contributed by atoms with Crippen molar-refractivity contribution in [3.63, 3.8) is 0 Å². The number of halogens is 1. The molecule has 0 saturated heterocycles. The summed E-state index contributed by atoms with van der Waals surface area (Å²) in [6, 6.07) is 19.6. The highest BCUT2D eigenvalue weighted by atomic mass is 35.5. The lowest BCUT2D eigenvalue weighted by Crippen LogP contribution is -2.29. The Morgan fingerprint density at radius 3 is 2.52 bits per heavy atom. The maximum absolute atomic E-state index is 13.6. The smallest absolute Gasteiger partial charge is 0.338 e. The van der Waals surface area contributed by atoms with E-state index in [-0.39, 0.29) is 23.4 Å². The highest BCUT2D eigenvalue weighted by Gasteiger charge is 2.43. The molecule has 1 aliphatic rings. The number of para-hydroxylation sites is 1. The average molecular weight is 460 g/mol. The van der Waals surface area contributed by atoms with Crippen molar-refractivity contribution in [3.05, 3.63) is 110 Å². The minimum Gasteiger partial charge on any atom is -0.462 e. The number of anilines is 1. The first kappa shape index (κ1) is 21.0. The Labute approximate surface area is 194 Å². The number of nitrogens with zero attached hydrogens (tertiary/aromatic N) is 1. The molecule has 0 saturated carbocycles. The molecular weight excluding hydrogens is 442 g/mol. The molecule has 1 aromatic heterocycles. The number of hydrogen-bond donors (Lipinski definition) is 0. The van der Waals surface area contributed by atoms with Gasteiger partial charge < -0.3 is 9.15 Å². The number of fused-ring (bicyclic) bond motifs is 2. The second kappa shape index (κ2) is 8.22. The van der Waals surface area contributed by atoms with E-state index in [0.29, 0.717) is 32.8 Å². The van der Waals surface area contributed by atoms with Crippen LogP contribution in [0, 0.1) is 0 Å². The first-order valence-electron chi connectivity index (χ1n) is 10.4. The number of hydrogen-bond acceptors (Lipinski definition) is 5. The van der Waals surface area contributed by atoms with Crippen molar-refractivity contribution >= 4 is 40.1 Å². The third-order valence-corrected chi connectivity index (χ3v) is 5.83. The van der Waals surface area contributed by atoms with Crippen molar-refractivity contribution in [1.29, 1.82) is 0 Å². The van der Waals surface area contributed by atoms with Crippen molar-refractivity contribution in [2.24, 2.45) is 0 Å². The van der Waals surface area contributed by atoms with Gasteiger partial charge in [0.2, 0.25) is 5.76 Å². The van der Waals surface area contributed by atoms with E-state index in [9.17, 15) is 14.4 Å².